The second kappa shape index (κ2) is 12.5. The number of nitro benzene ring substituents is 1. The Morgan fingerprint density at radius 3 is 2.50 bits per heavy atom. The molecule has 4 aromatic rings. The van der Waals surface area contributed by atoms with E-state index in [0.717, 1.165) is 23.7 Å². The van der Waals surface area contributed by atoms with E-state index >= 15 is 0 Å². The zero-order chi connectivity index (χ0) is 27.1. The first-order valence-corrected chi connectivity index (χ1v) is 12.7. The van der Waals surface area contributed by atoms with Crippen molar-refractivity contribution >= 4 is 57.2 Å². The fourth-order valence-corrected chi connectivity index (χ4v) is 4.21. The van der Waals surface area contributed by atoms with Crippen molar-refractivity contribution in [1.29, 1.82) is 0 Å². The molecule has 0 spiro atoms. The zero-order valence-electron chi connectivity index (χ0n) is 19.8. The molecule has 1 N–H and O–H groups in total. The molecule has 0 aliphatic rings. The lowest BCUT2D eigenvalue weighted by Gasteiger charge is -2.06. The summed E-state index contributed by atoms with van der Waals surface area (Å²) in [4.78, 5) is 23.7. The van der Waals surface area contributed by atoms with Crippen molar-refractivity contribution in [3.05, 3.63) is 104 Å². The second-order valence-electron chi connectivity index (χ2n) is 7.64. The summed E-state index contributed by atoms with van der Waals surface area (Å²) in [5, 5.41) is 23.9. The molecule has 0 bridgehead atoms. The fraction of sp³-hybridized carbons (Fsp3) is 0.120. The van der Waals surface area contributed by atoms with Gasteiger partial charge in [-0.3, -0.25) is 20.3 Å². The largest absolute Gasteiger partial charge is 0.482 e. The van der Waals surface area contributed by atoms with Crippen molar-refractivity contribution < 1.29 is 18.9 Å². The number of hydrazone groups is 1. The van der Waals surface area contributed by atoms with Crippen LogP contribution in [-0.2, 0) is 13.0 Å². The van der Waals surface area contributed by atoms with Gasteiger partial charge in [0, 0.05) is 22.7 Å². The number of thioether (sulfide) groups is 1. The third-order valence-electron chi connectivity index (χ3n) is 5.06. The molecular weight excluding hydrogens is 553 g/mol. The molecule has 1 heterocycles. The first kappa shape index (κ1) is 27.1. The number of nitrogens with one attached hydrogen (secondary N) is 1. The van der Waals surface area contributed by atoms with Gasteiger partial charge in [-0.25, -0.2) is 0 Å². The highest BCUT2D eigenvalue weighted by Gasteiger charge is 2.20. The molecule has 13 heteroatoms. The van der Waals surface area contributed by atoms with Crippen LogP contribution in [0.2, 0.25) is 10.0 Å². The molecule has 0 saturated carbocycles. The normalized spacial score (nSPS) is 11.3. The topological polar surface area (TPSA) is 133 Å². The molecule has 3 aromatic carbocycles. The van der Waals surface area contributed by atoms with Gasteiger partial charge in [-0.2, -0.15) is 5.10 Å². The molecular formula is C25H19Cl2N5O5S. The number of nitro groups is 1. The lowest BCUT2D eigenvalue weighted by atomic mass is 10.1. The van der Waals surface area contributed by atoms with Gasteiger partial charge >= 0.3 is 0 Å². The van der Waals surface area contributed by atoms with Crippen molar-refractivity contribution in [2.45, 2.75) is 25.2 Å². The highest BCUT2D eigenvalue weighted by Crippen LogP contribution is 2.29. The number of aromatic nitrogens is 2. The van der Waals surface area contributed by atoms with Crippen LogP contribution in [0.1, 0.15) is 28.7 Å². The summed E-state index contributed by atoms with van der Waals surface area (Å²) in [6.45, 7) is 1.96. The number of carbonyl (C=O) groups is 1. The molecule has 0 atom stereocenters. The average molecular weight is 572 g/mol. The van der Waals surface area contributed by atoms with Gasteiger partial charge < -0.3 is 9.15 Å². The number of rotatable bonds is 10. The zero-order valence-corrected chi connectivity index (χ0v) is 22.1. The van der Waals surface area contributed by atoms with E-state index in [2.05, 4.69) is 20.7 Å². The van der Waals surface area contributed by atoms with Crippen LogP contribution in [0.15, 0.2) is 81.5 Å². The van der Waals surface area contributed by atoms with Gasteiger partial charge in [0.05, 0.1) is 15.6 Å². The lowest BCUT2D eigenvalue weighted by Crippen LogP contribution is -2.13. The summed E-state index contributed by atoms with van der Waals surface area (Å²) in [6, 6.07) is 17.6. The van der Waals surface area contributed by atoms with Crippen LogP contribution in [0.25, 0.3) is 0 Å². The number of ether oxygens (including phenoxy) is 1. The van der Waals surface area contributed by atoms with Gasteiger partial charge in [0.15, 0.2) is 11.7 Å². The van der Waals surface area contributed by atoms with Crippen molar-refractivity contribution in [2.24, 2.45) is 5.10 Å². The maximum absolute atomic E-state index is 13.3. The van der Waals surface area contributed by atoms with Crippen LogP contribution < -0.4 is 10.2 Å². The second-order valence-corrected chi connectivity index (χ2v) is 9.42. The molecule has 0 amide bonds. The standard InChI is InChI=1S/C25H19Cl2N5O5S/c1-2-15-3-5-16(6-4-15)23(33)24(30-28-18-8-10-19(11-9-18)32(34)35)38-25-31-29-22(37-25)14-36-21-12-7-17(26)13-20(21)27/h3-13,28H,2,14H2,1H3/b30-24-. The fourth-order valence-electron chi connectivity index (χ4n) is 3.06. The van der Waals surface area contributed by atoms with Crippen molar-refractivity contribution in [1.82, 2.24) is 10.2 Å². The Morgan fingerprint density at radius 1 is 1.11 bits per heavy atom. The summed E-state index contributed by atoms with van der Waals surface area (Å²) >= 11 is 12.9. The first-order chi connectivity index (χ1) is 18.3. The van der Waals surface area contributed by atoms with Crippen LogP contribution in [0.3, 0.4) is 0 Å². The number of anilines is 1. The predicted octanol–water partition coefficient (Wildman–Crippen LogP) is 6.83. The number of Topliss-reactive ketones (excluding diaryl/α,β-unsaturated/α-hetero) is 1. The lowest BCUT2D eigenvalue weighted by molar-refractivity contribution is -0.384. The Kier molecular flexibility index (Phi) is 8.95. The van der Waals surface area contributed by atoms with E-state index < -0.39 is 4.92 Å². The number of aryl methyl sites for hydroxylation is 1. The monoisotopic (exact) mass is 571 g/mol. The maximum atomic E-state index is 13.3. The van der Waals surface area contributed by atoms with Gasteiger partial charge in [-0.15, -0.1) is 10.2 Å². The number of hydrogen-bond donors (Lipinski definition) is 1. The van der Waals surface area contributed by atoms with E-state index in [0.29, 0.717) is 27.0 Å². The smallest absolute Gasteiger partial charge is 0.283 e. The number of nitrogens with zero attached hydrogens (tertiary/aromatic N) is 4. The number of non-ortho nitro benzene ring substituents is 1. The van der Waals surface area contributed by atoms with Crippen molar-refractivity contribution in [3.8, 4) is 5.75 Å². The van der Waals surface area contributed by atoms with Crippen LogP contribution in [-0.4, -0.2) is 25.9 Å². The third-order valence-corrected chi connectivity index (χ3v) is 6.40. The Morgan fingerprint density at radius 2 is 1.84 bits per heavy atom. The number of benzene rings is 3. The van der Waals surface area contributed by atoms with Crippen LogP contribution in [0, 0.1) is 10.1 Å². The predicted molar refractivity (Wildman–Crippen MR) is 145 cm³/mol. The van der Waals surface area contributed by atoms with Gasteiger partial charge in [-0.05, 0) is 54.1 Å². The first-order valence-electron chi connectivity index (χ1n) is 11.1. The van der Waals surface area contributed by atoms with Crippen LogP contribution in [0.4, 0.5) is 11.4 Å². The number of hydrogen-bond acceptors (Lipinski definition) is 10. The maximum Gasteiger partial charge on any atom is 0.283 e. The minimum atomic E-state index is -0.504. The summed E-state index contributed by atoms with van der Waals surface area (Å²) in [5.74, 6) is 0.167. The molecule has 4 rings (SSSR count). The number of ketones is 1. The Balaban J connectivity index is 1.52. The van der Waals surface area contributed by atoms with Crippen molar-refractivity contribution in [2.75, 3.05) is 5.43 Å². The molecule has 0 fully saturated rings. The quantitative estimate of drug-likeness (QED) is 0.0542. The number of halogens is 2. The molecule has 38 heavy (non-hydrogen) atoms. The van der Waals surface area contributed by atoms with Gasteiger partial charge in [0.25, 0.3) is 16.8 Å². The van der Waals surface area contributed by atoms with E-state index in [1.807, 2.05) is 19.1 Å². The Hall–Kier alpha value is -3.93. The molecule has 0 radical (unpaired) electrons. The van der Waals surface area contributed by atoms with Crippen molar-refractivity contribution in [3.63, 3.8) is 0 Å². The summed E-state index contributed by atoms with van der Waals surface area (Å²) in [7, 11) is 0. The minimum Gasteiger partial charge on any atom is -0.482 e. The van der Waals surface area contributed by atoms with Crippen LogP contribution in [0.5, 0.6) is 5.75 Å². The van der Waals surface area contributed by atoms with E-state index in [1.165, 1.54) is 24.3 Å². The minimum absolute atomic E-state index is 0.0180. The highest BCUT2D eigenvalue weighted by molar-refractivity contribution is 8.15. The van der Waals surface area contributed by atoms with E-state index in [9.17, 15) is 14.9 Å². The van der Waals surface area contributed by atoms with E-state index in [1.54, 1.807) is 30.3 Å². The van der Waals surface area contributed by atoms with Gasteiger partial charge in [0.1, 0.15) is 5.75 Å². The third kappa shape index (κ3) is 7.09. The van der Waals surface area contributed by atoms with Gasteiger partial charge in [0.2, 0.25) is 5.78 Å². The molecule has 1 aromatic heterocycles. The van der Waals surface area contributed by atoms with Gasteiger partial charge in [-0.1, -0.05) is 54.4 Å². The molecule has 10 nitrogen and oxygen atoms in total. The molecule has 0 aliphatic carbocycles. The number of carbonyl (C=O) groups excluding carboxylic acids is 1. The summed E-state index contributed by atoms with van der Waals surface area (Å²) in [6.07, 6.45) is 0.833. The van der Waals surface area contributed by atoms with E-state index in [-0.39, 0.29) is 34.2 Å². The molecule has 0 saturated heterocycles. The van der Waals surface area contributed by atoms with E-state index in [4.69, 9.17) is 32.4 Å². The average Bonchev–Trinajstić information content (AvgIpc) is 3.37. The Bertz CT molecular complexity index is 1480. The van der Waals surface area contributed by atoms with Crippen LogP contribution >= 0.6 is 35.0 Å². The highest BCUT2D eigenvalue weighted by atomic mass is 35.5. The molecule has 0 aliphatic heterocycles. The Labute approximate surface area is 231 Å². The molecule has 0 unspecified atom stereocenters. The molecule has 194 valence electrons. The summed E-state index contributed by atoms with van der Waals surface area (Å²) in [5.41, 5.74) is 4.63. The SMILES string of the molecule is CCc1ccc(C(=O)/C(=N/Nc2ccc([N+](=O)[O-])cc2)Sc2nnc(COc3ccc(Cl)cc3Cl)o2)cc1. The summed E-state index contributed by atoms with van der Waals surface area (Å²) < 4.78 is 11.2.